The Morgan fingerprint density at radius 1 is 1.03 bits per heavy atom. The maximum atomic E-state index is 13.5. The zero-order valence-corrected chi connectivity index (χ0v) is 21.4. The molecule has 0 saturated heterocycles. The van der Waals surface area contributed by atoms with Gasteiger partial charge in [0, 0.05) is 47.9 Å². The third kappa shape index (κ3) is 6.55. The van der Waals surface area contributed by atoms with Crippen LogP contribution in [0.4, 0.5) is 10.1 Å². The van der Waals surface area contributed by atoms with Crippen molar-refractivity contribution in [3.8, 4) is 11.5 Å². The summed E-state index contributed by atoms with van der Waals surface area (Å²) in [6.45, 7) is 3.05. The number of anilines is 1. The molecule has 1 amide bonds. The number of methoxy groups -OCH3 is 2. The maximum Gasteiger partial charge on any atom is 0.254 e. The van der Waals surface area contributed by atoms with Gasteiger partial charge in [-0.25, -0.2) is 4.39 Å². The van der Waals surface area contributed by atoms with Crippen molar-refractivity contribution in [3.05, 3.63) is 95.9 Å². The Bertz CT molecular complexity index is 1340. The fraction of sp³-hybridized carbons (Fsp3) is 0.267. The van der Waals surface area contributed by atoms with Crippen LogP contribution in [0.25, 0.3) is 10.9 Å². The molecule has 3 aromatic carbocycles. The summed E-state index contributed by atoms with van der Waals surface area (Å²) in [5.41, 5.74) is 3.17. The second-order valence-corrected chi connectivity index (χ2v) is 8.98. The summed E-state index contributed by atoms with van der Waals surface area (Å²) in [6.07, 6.45) is 3.37. The molecule has 0 aliphatic heterocycles. The molecule has 4 aromatic rings. The van der Waals surface area contributed by atoms with E-state index in [1.165, 1.54) is 24.3 Å². The fourth-order valence-corrected chi connectivity index (χ4v) is 4.39. The van der Waals surface area contributed by atoms with Gasteiger partial charge in [-0.05, 0) is 62.2 Å². The van der Waals surface area contributed by atoms with Gasteiger partial charge >= 0.3 is 0 Å². The zero-order valence-electron chi connectivity index (χ0n) is 21.4. The molecule has 0 spiro atoms. The van der Waals surface area contributed by atoms with Crippen LogP contribution >= 0.6 is 0 Å². The van der Waals surface area contributed by atoms with E-state index in [-0.39, 0.29) is 17.8 Å². The Labute approximate surface area is 217 Å². The normalized spacial score (nSPS) is 11.7. The van der Waals surface area contributed by atoms with E-state index in [4.69, 9.17) is 9.47 Å². The van der Waals surface area contributed by atoms with Gasteiger partial charge in [-0.2, -0.15) is 0 Å². The van der Waals surface area contributed by atoms with Crippen LogP contribution in [0.2, 0.25) is 0 Å². The van der Waals surface area contributed by atoms with E-state index >= 15 is 0 Å². The average Bonchev–Trinajstić information content (AvgIpc) is 2.92. The first-order chi connectivity index (χ1) is 18.0. The molecular weight excluding hydrogens is 469 g/mol. The van der Waals surface area contributed by atoms with Gasteiger partial charge in [-0.15, -0.1) is 0 Å². The summed E-state index contributed by atoms with van der Waals surface area (Å²) in [5, 5.41) is 4.56. The van der Waals surface area contributed by atoms with Gasteiger partial charge in [0.05, 0.1) is 25.4 Å². The van der Waals surface area contributed by atoms with Crippen molar-refractivity contribution in [1.29, 1.82) is 0 Å². The maximum absolute atomic E-state index is 13.5. The zero-order chi connectivity index (χ0) is 26.2. The highest BCUT2D eigenvalue weighted by atomic mass is 19.1. The highest BCUT2D eigenvalue weighted by Crippen LogP contribution is 2.28. The van der Waals surface area contributed by atoms with Crippen LogP contribution in [0.5, 0.6) is 11.5 Å². The Morgan fingerprint density at radius 3 is 2.57 bits per heavy atom. The molecule has 1 heterocycles. The Kier molecular flexibility index (Phi) is 8.56. The number of nitrogens with zero attached hydrogens (tertiary/aromatic N) is 2. The Hall–Kier alpha value is -4.13. The molecule has 1 N–H and O–H groups in total. The lowest BCUT2D eigenvalue weighted by Gasteiger charge is -2.25. The lowest BCUT2D eigenvalue weighted by molar-refractivity contribution is 0.0738. The third-order valence-electron chi connectivity index (χ3n) is 6.31. The average molecular weight is 502 g/mol. The number of hydrogen-bond donors (Lipinski definition) is 1. The minimum absolute atomic E-state index is 0.131. The topological polar surface area (TPSA) is 63.7 Å². The lowest BCUT2D eigenvalue weighted by atomic mass is 10.1. The number of carbonyl (C=O) groups excluding carboxylic acids is 1. The number of carbonyl (C=O) groups is 1. The van der Waals surface area contributed by atoms with Crippen molar-refractivity contribution < 1.29 is 18.7 Å². The van der Waals surface area contributed by atoms with E-state index in [0.717, 1.165) is 46.5 Å². The van der Waals surface area contributed by atoms with E-state index in [1.807, 2.05) is 48.5 Å². The van der Waals surface area contributed by atoms with Crippen molar-refractivity contribution >= 4 is 22.5 Å². The van der Waals surface area contributed by atoms with Crippen LogP contribution in [-0.4, -0.2) is 42.6 Å². The van der Waals surface area contributed by atoms with E-state index in [1.54, 1.807) is 25.3 Å². The van der Waals surface area contributed by atoms with Crippen molar-refractivity contribution in [2.45, 2.75) is 32.4 Å². The highest BCUT2D eigenvalue weighted by molar-refractivity contribution is 5.94. The van der Waals surface area contributed by atoms with E-state index in [2.05, 4.69) is 17.2 Å². The van der Waals surface area contributed by atoms with Crippen molar-refractivity contribution in [2.24, 2.45) is 0 Å². The summed E-state index contributed by atoms with van der Waals surface area (Å²) < 4.78 is 24.4. The second-order valence-electron chi connectivity index (χ2n) is 8.98. The largest absolute Gasteiger partial charge is 0.497 e. The van der Waals surface area contributed by atoms with Gasteiger partial charge in [0.2, 0.25) is 0 Å². The molecular formula is C30H32FN3O3. The van der Waals surface area contributed by atoms with Crippen molar-refractivity contribution in [2.75, 3.05) is 26.1 Å². The summed E-state index contributed by atoms with van der Waals surface area (Å²) in [6, 6.07) is 21.3. The molecule has 4 rings (SSSR count). The van der Waals surface area contributed by atoms with E-state index < -0.39 is 0 Å². The number of para-hydroxylation sites is 1. The van der Waals surface area contributed by atoms with Gasteiger partial charge in [-0.3, -0.25) is 9.78 Å². The molecule has 0 aliphatic carbocycles. The standard InChI is InChI=1S/C30H32FN3O3/c1-21(33-27-19-26(36-2)18-23-10-6-16-32-29(23)27)8-7-17-34(20-24-9-4-5-11-28(24)37-3)30(35)22-12-14-25(31)15-13-22/h4-6,9-16,18-19,21,33H,7-8,17,20H2,1-3H3. The summed E-state index contributed by atoms with van der Waals surface area (Å²) in [5.74, 6) is 0.983. The van der Waals surface area contributed by atoms with Crippen LogP contribution in [0.15, 0.2) is 79.0 Å². The minimum Gasteiger partial charge on any atom is -0.497 e. The molecule has 192 valence electrons. The summed E-state index contributed by atoms with van der Waals surface area (Å²) in [4.78, 5) is 19.7. The first-order valence-corrected chi connectivity index (χ1v) is 12.3. The molecule has 1 aromatic heterocycles. The van der Waals surface area contributed by atoms with Gasteiger partial charge in [0.1, 0.15) is 17.3 Å². The van der Waals surface area contributed by atoms with Crippen LogP contribution in [0, 0.1) is 5.82 Å². The van der Waals surface area contributed by atoms with Crippen LogP contribution in [0.1, 0.15) is 35.7 Å². The van der Waals surface area contributed by atoms with Crippen LogP contribution in [0.3, 0.4) is 0 Å². The molecule has 7 heteroatoms. The Morgan fingerprint density at radius 2 is 1.81 bits per heavy atom. The van der Waals surface area contributed by atoms with E-state index in [0.29, 0.717) is 18.7 Å². The predicted octanol–water partition coefficient (Wildman–Crippen LogP) is 6.31. The second kappa shape index (κ2) is 12.2. The predicted molar refractivity (Wildman–Crippen MR) is 145 cm³/mol. The quantitative estimate of drug-likeness (QED) is 0.261. The monoisotopic (exact) mass is 501 g/mol. The highest BCUT2D eigenvalue weighted by Gasteiger charge is 2.18. The SMILES string of the molecule is COc1cc(NC(C)CCCN(Cc2ccccc2OC)C(=O)c2ccc(F)cc2)c2ncccc2c1. The van der Waals surface area contributed by atoms with Gasteiger partial charge in [0.15, 0.2) is 0 Å². The molecule has 37 heavy (non-hydrogen) atoms. The number of nitrogens with one attached hydrogen (secondary N) is 1. The number of ether oxygens (including phenoxy) is 2. The molecule has 1 atom stereocenters. The molecule has 1 unspecified atom stereocenters. The number of benzene rings is 3. The molecule has 0 fully saturated rings. The minimum atomic E-state index is -0.368. The third-order valence-corrected chi connectivity index (χ3v) is 6.31. The Balaban J connectivity index is 1.46. The number of amides is 1. The van der Waals surface area contributed by atoms with Crippen LogP contribution < -0.4 is 14.8 Å². The molecule has 0 radical (unpaired) electrons. The number of aromatic nitrogens is 1. The fourth-order valence-electron chi connectivity index (χ4n) is 4.39. The molecule has 6 nitrogen and oxygen atoms in total. The number of rotatable bonds is 11. The first kappa shape index (κ1) is 25.9. The van der Waals surface area contributed by atoms with Gasteiger partial charge < -0.3 is 19.7 Å². The molecule has 0 saturated carbocycles. The van der Waals surface area contributed by atoms with Crippen molar-refractivity contribution in [1.82, 2.24) is 9.88 Å². The molecule has 0 aliphatic rings. The molecule has 0 bridgehead atoms. The smallest absolute Gasteiger partial charge is 0.254 e. The van der Waals surface area contributed by atoms with E-state index in [9.17, 15) is 9.18 Å². The van der Waals surface area contributed by atoms with Gasteiger partial charge in [-0.1, -0.05) is 24.3 Å². The summed E-state index contributed by atoms with van der Waals surface area (Å²) >= 11 is 0. The number of pyridine rings is 1. The number of fused-ring (bicyclic) bond motifs is 1. The summed E-state index contributed by atoms with van der Waals surface area (Å²) in [7, 11) is 3.27. The van der Waals surface area contributed by atoms with Crippen molar-refractivity contribution in [3.63, 3.8) is 0 Å². The number of hydrogen-bond acceptors (Lipinski definition) is 5. The van der Waals surface area contributed by atoms with Gasteiger partial charge in [0.25, 0.3) is 5.91 Å². The van der Waals surface area contributed by atoms with Crippen LogP contribution in [-0.2, 0) is 6.54 Å². The number of halogens is 1. The lowest BCUT2D eigenvalue weighted by Crippen LogP contribution is -2.32. The first-order valence-electron chi connectivity index (χ1n) is 12.3.